The second kappa shape index (κ2) is 5.60. The van der Waals surface area contributed by atoms with Crippen molar-refractivity contribution >= 4 is 17.5 Å². The summed E-state index contributed by atoms with van der Waals surface area (Å²) < 4.78 is 12.9. The third kappa shape index (κ3) is 3.05. The molecule has 2 rings (SSSR count). The molecule has 0 spiro atoms. The van der Waals surface area contributed by atoms with Crippen LogP contribution in [-0.4, -0.2) is 10.9 Å². The molecule has 0 bridgehead atoms. The Bertz CT molecular complexity index is 560. The van der Waals surface area contributed by atoms with Gasteiger partial charge in [0, 0.05) is 18.9 Å². The van der Waals surface area contributed by atoms with Gasteiger partial charge >= 0.3 is 0 Å². The zero-order valence-corrected chi connectivity index (χ0v) is 10.1. The van der Waals surface area contributed by atoms with Crippen LogP contribution in [0.3, 0.4) is 0 Å². The lowest BCUT2D eigenvalue weighted by Gasteiger charge is -2.05. The molecule has 0 saturated carbocycles. The van der Waals surface area contributed by atoms with E-state index in [1.807, 2.05) is 0 Å². The highest BCUT2D eigenvalue weighted by molar-refractivity contribution is 6.30. The van der Waals surface area contributed by atoms with Gasteiger partial charge in [-0.05, 0) is 29.8 Å². The number of benzene rings is 1. The molecule has 0 saturated heterocycles. The third-order valence-corrected chi connectivity index (χ3v) is 2.65. The molecule has 0 aliphatic heterocycles. The van der Waals surface area contributed by atoms with Crippen LogP contribution in [0.25, 0.3) is 0 Å². The Morgan fingerprint density at radius 3 is 2.89 bits per heavy atom. The minimum atomic E-state index is -0.473. The van der Waals surface area contributed by atoms with Crippen molar-refractivity contribution in [3.8, 4) is 0 Å². The number of hydrogen-bond acceptors (Lipinski definition) is 2. The van der Waals surface area contributed by atoms with Crippen molar-refractivity contribution in [1.29, 1.82) is 0 Å². The van der Waals surface area contributed by atoms with Gasteiger partial charge in [-0.2, -0.15) is 0 Å². The van der Waals surface area contributed by atoms with Gasteiger partial charge in [0.05, 0.1) is 10.6 Å². The van der Waals surface area contributed by atoms with Gasteiger partial charge in [0.2, 0.25) is 0 Å². The van der Waals surface area contributed by atoms with E-state index in [1.165, 1.54) is 18.3 Å². The molecule has 92 valence electrons. The Morgan fingerprint density at radius 2 is 2.22 bits per heavy atom. The number of rotatable bonds is 3. The third-order valence-electron chi connectivity index (χ3n) is 2.36. The average Bonchev–Trinajstić information content (AvgIpc) is 2.41. The number of pyridine rings is 1. The van der Waals surface area contributed by atoms with Gasteiger partial charge in [0.15, 0.2) is 0 Å². The lowest BCUT2D eigenvalue weighted by atomic mass is 10.2. The molecule has 18 heavy (non-hydrogen) atoms. The Morgan fingerprint density at radius 1 is 1.39 bits per heavy atom. The number of aromatic nitrogens is 1. The number of halogens is 2. The summed E-state index contributed by atoms with van der Waals surface area (Å²) >= 11 is 5.65. The van der Waals surface area contributed by atoms with Crippen LogP contribution in [0.4, 0.5) is 4.39 Å². The van der Waals surface area contributed by atoms with E-state index in [0.717, 1.165) is 5.56 Å². The Labute approximate surface area is 109 Å². The molecular weight excluding hydrogens is 255 g/mol. The first kappa shape index (κ1) is 12.5. The molecule has 1 amide bonds. The Hall–Kier alpha value is -1.94. The lowest BCUT2D eigenvalue weighted by Crippen LogP contribution is -2.22. The average molecular weight is 265 g/mol. The van der Waals surface area contributed by atoms with E-state index in [1.54, 1.807) is 24.4 Å². The molecule has 0 radical (unpaired) electrons. The van der Waals surface area contributed by atoms with Crippen LogP contribution >= 0.6 is 11.6 Å². The van der Waals surface area contributed by atoms with Crippen molar-refractivity contribution < 1.29 is 9.18 Å². The summed E-state index contributed by atoms with van der Waals surface area (Å²) in [7, 11) is 0. The number of nitrogens with one attached hydrogen (secondary N) is 1. The predicted molar refractivity (Wildman–Crippen MR) is 66.8 cm³/mol. The van der Waals surface area contributed by atoms with Crippen molar-refractivity contribution in [3.05, 3.63) is 64.7 Å². The van der Waals surface area contributed by atoms with Gasteiger partial charge in [-0.15, -0.1) is 0 Å². The topological polar surface area (TPSA) is 42.0 Å². The summed E-state index contributed by atoms with van der Waals surface area (Å²) in [6, 6.07) is 7.68. The normalized spacial score (nSPS) is 10.1. The first-order valence-corrected chi connectivity index (χ1v) is 5.67. The second-order valence-corrected chi connectivity index (χ2v) is 4.08. The summed E-state index contributed by atoms with van der Waals surface area (Å²) in [4.78, 5) is 15.6. The number of hydrogen-bond donors (Lipinski definition) is 1. The molecule has 5 heteroatoms. The van der Waals surface area contributed by atoms with Gasteiger partial charge in [0.25, 0.3) is 5.91 Å². The summed E-state index contributed by atoms with van der Waals surface area (Å²) in [5, 5.41) is 2.75. The highest BCUT2D eigenvalue weighted by Crippen LogP contribution is 2.15. The fraction of sp³-hybridized carbons (Fsp3) is 0.0769. The van der Waals surface area contributed by atoms with Crippen LogP contribution in [0.1, 0.15) is 15.9 Å². The molecule has 0 atom stereocenters. The fourth-order valence-electron chi connectivity index (χ4n) is 1.43. The molecule has 1 heterocycles. The van der Waals surface area contributed by atoms with Crippen molar-refractivity contribution in [2.24, 2.45) is 0 Å². The molecule has 1 aromatic carbocycles. The summed E-state index contributed by atoms with van der Waals surface area (Å²) in [5.41, 5.74) is 1.21. The van der Waals surface area contributed by atoms with E-state index in [2.05, 4.69) is 10.3 Å². The second-order valence-electron chi connectivity index (χ2n) is 3.67. The molecular formula is C13H10ClFN2O. The largest absolute Gasteiger partial charge is 0.348 e. The maximum absolute atomic E-state index is 12.9. The number of nitrogens with zero attached hydrogens (tertiary/aromatic N) is 1. The molecule has 0 aliphatic rings. The minimum Gasteiger partial charge on any atom is -0.348 e. The van der Waals surface area contributed by atoms with Crippen LogP contribution in [0, 0.1) is 5.82 Å². The Balaban J connectivity index is 1.99. The van der Waals surface area contributed by atoms with E-state index in [9.17, 15) is 9.18 Å². The quantitative estimate of drug-likeness (QED) is 0.926. The maximum Gasteiger partial charge on any atom is 0.253 e. The molecule has 1 N–H and O–H groups in total. The molecule has 0 fully saturated rings. The van der Waals surface area contributed by atoms with E-state index in [-0.39, 0.29) is 17.5 Å². The van der Waals surface area contributed by atoms with Crippen molar-refractivity contribution in [1.82, 2.24) is 10.3 Å². The molecule has 3 nitrogen and oxygen atoms in total. The first-order valence-electron chi connectivity index (χ1n) is 5.29. The summed E-state index contributed by atoms with van der Waals surface area (Å²) in [5.74, 6) is -0.706. The molecule has 1 aromatic heterocycles. The number of carbonyl (C=O) groups is 1. The zero-order valence-electron chi connectivity index (χ0n) is 9.36. The minimum absolute atomic E-state index is 0.0446. The van der Waals surface area contributed by atoms with Gasteiger partial charge in [-0.1, -0.05) is 17.7 Å². The van der Waals surface area contributed by atoms with Crippen LogP contribution in [0.15, 0.2) is 42.7 Å². The van der Waals surface area contributed by atoms with E-state index in [4.69, 9.17) is 11.6 Å². The molecule has 2 aromatic rings. The standard InChI is InChI=1S/C13H10ClFN2O/c14-11-6-9(3-4-12(11)15)7-17-13(18)10-2-1-5-16-8-10/h1-6,8H,7H2,(H,17,18). The highest BCUT2D eigenvalue weighted by Gasteiger charge is 2.05. The lowest BCUT2D eigenvalue weighted by molar-refractivity contribution is 0.0950. The van der Waals surface area contributed by atoms with Gasteiger partial charge in [-0.25, -0.2) is 4.39 Å². The Kier molecular flexibility index (Phi) is 3.89. The summed E-state index contributed by atoms with van der Waals surface area (Å²) in [6.07, 6.45) is 3.07. The SMILES string of the molecule is O=C(NCc1ccc(F)c(Cl)c1)c1cccnc1. The molecule has 0 unspecified atom stereocenters. The van der Waals surface area contributed by atoms with Crippen LogP contribution in [-0.2, 0) is 6.54 Å². The van der Waals surface area contributed by atoms with Crippen molar-refractivity contribution in [2.45, 2.75) is 6.54 Å². The fourth-order valence-corrected chi connectivity index (χ4v) is 1.63. The van der Waals surface area contributed by atoms with E-state index in [0.29, 0.717) is 5.56 Å². The van der Waals surface area contributed by atoms with E-state index < -0.39 is 5.82 Å². The van der Waals surface area contributed by atoms with Crippen LogP contribution in [0.2, 0.25) is 5.02 Å². The van der Waals surface area contributed by atoms with Gasteiger partial charge < -0.3 is 5.32 Å². The van der Waals surface area contributed by atoms with Gasteiger partial charge in [-0.3, -0.25) is 9.78 Å². The monoisotopic (exact) mass is 264 g/mol. The van der Waals surface area contributed by atoms with Gasteiger partial charge in [0.1, 0.15) is 5.82 Å². The smallest absolute Gasteiger partial charge is 0.253 e. The number of carbonyl (C=O) groups excluding carboxylic acids is 1. The van der Waals surface area contributed by atoms with E-state index >= 15 is 0 Å². The highest BCUT2D eigenvalue weighted by atomic mass is 35.5. The molecule has 0 aliphatic carbocycles. The van der Waals surface area contributed by atoms with Crippen molar-refractivity contribution in [2.75, 3.05) is 0 Å². The number of amides is 1. The zero-order chi connectivity index (χ0) is 13.0. The maximum atomic E-state index is 12.9. The first-order chi connectivity index (χ1) is 8.66. The predicted octanol–water partition coefficient (Wildman–Crippen LogP) is 2.80. The van der Waals surface area contributed by atoms with Crippen LogP contribution in [0.5, 0.6) is 0 Å². The summed E-state index contributed by atoms with van der Waals surface area (Å²) in [6.45, 7) is 0.285. The van der Waals surface area contributed by atoms with Crippen LogP contribution < -0.4 is 5.32 Å². The van der Waals surface area contributed by atoms with Crippen molar-refractivity contribution in [3.63, 3.8) is 0 Å².